The van der Waals surface area contributed by atoms with E-state index in [1.807, 2.05) is 0 Å². The number of likely N-dealkylation sites (N-methyl/N-ethyl adjacent to an activating group) is 1. The Morgan fingerprint density at radius 2 is 1.89 bits per heavy atom. The van der Waals surface area contributed by atoms with Crippen molar-refractivity contribution in [1.82, 2.24) is 4.90 Å². The van der Waals surface area contributed by atoms with Crippen LogP contribution in [0.2, 0.25) is 0 Å². The molecular weight excluding hydrogens is 302 g/mol. The van der Waals surface area contributed by atoms with Crippen molar-refractivity contribution in [2.45, 2.75) is 19.3 Å². The van der Waals surface area contributed by atoms with E-state index in [-0.39, 0.29) is 0 Å². The van der Waals surface area contributed by atoms with Gasteiger partial charge in [0.05, 0.1) is 0 Å². The minimum Gasteiger partial charge on any atom is -0.381 e. The minimum atomic E-state index is 0.406. The predicted molar refractivity (Wildman–Crippen MR) is 83.9 cm³/mol. The molecule has 1 aromatic carbocycles. The first-order valence-electron chi connectivity index (χ1n) is 7.10. The van der Waals surface area contributed by atoms with Crippen molar-refractivity contribution in [2.75, 3.05) is 38.7 Å². The molecule has 0 amide bonds. The van der Waals surface area contributed by atoms with Crippen LogP contribution in [-0.2, 0) is 11.2 Å². The maximum Gasteiger partial charge on any atom is 0.0472 e. The molecule has 0 spiro atoms. The highest BCUT2D eigenvalue weighted by molar-refractivity contribution is 9.09. The second-order valence-electron chi connectivity index (χ2n) is 5.72. The highest BCUT2D eigenvalue weighted by Gasteiger charge is 2.32. The number of halogens is 1. The third-order valence-electron chi connectivity index (χ3n) is 4.07. The van der Waals surface area contributed by atoms with Gasteiger partial charge in [-0.25, -0.2) is 0 Å². The van der Waals surface area contributed by atoms with Gasteiger partial charge in [0, 0.05) is 31.6 Å². The molecular formula is C16H24BrNO. The Kier molecular flexibility index (Phi) is 5.86. The van der Waals surface area contributed by atoms with Crippen LogP contribution < -0.4 is 0 Å². The fraction of sp³-hybridized carbons (Fsp3) is 0.625. The molecule has 106 valence electrons. The number of hydrogen-bond acceptors (Lipinski definition) is 2. The average Bonchev–Trinajstić information content (AvgIpc) is 2.47. The number of alkyl halides is 1. The number of rotatable bonds is 6. The van der Waals surface area contributed by atoms with Gasteiger partial charge in [-0.15, -0.1) is 0 Å². The summed E-state index contributed by atoms with van der Waals surface area (Å²) in [7, 11) is 2.24. The van der Waals surface area contributed by atoms with Crippen LogP contribution in [0.15, 0.2) is 30.3 Å². The van der Waals surface area contributed by atoms with Gasteiger partial charge >= 0.3 is 0 Å². The van der Waals surface area contributed by atoms with Crippen molar-refractivity contribution in [2.24, 2.45) is 5.41 Å². The van der Waals surface area contributed by atoms with Gasteiger partial charge < -0.3 is 9.64 Å². The molecule has 0 aromatic heterocycles. The smallest absolute Gasteiger partial charge is 0.0472 e. The summed E-state index contributed by atoms with van der Waals surface area (Å²) in [6.45, 7) is 4.12. The van der Waals surface area contributed by atoms with Crippen molar-refractivity contribution >= 4 is 15.9 Å². The van der Waals surface area contributed by atoms with Crippen LogP contribution in [-0.4, -0.2) is 43.6 Å². The molecule has 2 rings (SSSR count). The molecule has 1 saturated heterocycles. The zero-order chi connectivity index (χ0) is 13.6. The summed E-state index contributed by atoms with van der Waals surface area (Å²) in [5.41, 5.74) is 1.83. The first-order valence-corrected chi connectivity index (χ1v) is 8.22. The quantitative estimate of drug-likeness (QED) is 0.744. The number of hydrogen-bond donors (Lipinski definition) is 0. The van der Waals surface area contributed by atoms with Gasteiger partial charge in [-0.2, -0.15) is 0 Å². The zero-order valence-electron chi connectivity index (χ0n) is 11.8. The van der Waals surface area contributed by atoms with Gasteiger partial charge in [0.1, 0.15) is 0 Å². The van der Waals surface area contributed by atoms with E-state index in [4.69, 9.17) is 4.74 Å². The van der Waals surface area contributed by atoms with Crippen molar-refractivity contribution in [3.63, 3.8) is 0 Å². The van der Waals surface area contributed by atoms with Gasteiger partial charge in [-0.3, -0.25) is 0 Å². The molecule has 0 saturated carbocycles. The Hall–Kier alpha value is -0.380. The summed E-state index contributed by atoms with van der Waals surface area (Å²) in [4.78, 5) is 2.47. The average molecular weight is 326 g/mol. The first-order chi connectivity index (χ1) is 9.24. The molecule has 0 unspecified atom stereocenters. The Morgan fingerprint density at radius 1 is 1.21 bits per heavy atom. The number of nitrogens with zero attached hydrogens (tertiary/aromatic N) is 1. The predicted octanol–water partition coefficient (Wildman–Crippen LogP) is 3.35. The largest absolute Gasteiger partial charge is 0.381 e. The van der Waals surface area contributed by atoms with E-state index in [0.29, 0.717) is 5.41 Å². The van der Waals surface area contributed by atoms with Gasteiger partial charge in [0.15, 0.2) is 0 Å². The Morgan fingerprint density at radius 3 is 2.53 bits per heavy atom. The standard InChI is InChI=1S/C16H24BrNO/c1-18(10-7-15-5-3-2-4-6-15)14-16(13-17)8-11-19-12-9-16/h2-6H,7-14H2,1H3. The molecule has 1 aliphatic rings. The third-order valence-corrected chi connectivity index (χ3v) is 5.26. The molecule has 1 fully saturated rings. The number of ether oxygens (including phenoxy) is 1. The molecule has 0 bridgehead atoms. The second-order valence-corrected chi connectivity index (χ2v) is 6.28. The van der Waals surface area contributed by atoms with Crippen molar-refractivity contribution in [3.05, 3.63) is 35.9 Å². The summed E-state index contributed by atoms with van der Waals surface area (Å²) in [5, 5.41) is 1.08. The molecule has 0 aliphatic carbocycles. The van der Waals surface area contributed by atoms with Gasteiger partial charge in [0.25, 0.3) is 0 Å². The molecule has 1 heterocycles. The monoisotopic (exact) mass is 325 g/mol. The first kappa shape index (κ1) is 15.0. The van der Waals surface area contributed by atoms with E-state index >= 15 is 0 Å². The maximum atomic E-state index is 5.50. The summed E-state index contributed by atoms with van der Waals surface area (Å²) >= 11 is 3.71. The summed E-state index contributed by atoms with van der Waals surface area (Å²) < 4.78 is 5.50. The van der Waals surface area contributed by atoms with Crippen LogP contribution >= 0.6 is 15.9 Å². The van der Waals surface area contributed by atoms with E-state index in [9.17, 15) is 0 Å². The summed E-state index contributed by atoms with van der Waals surface area (Å²) in [5.74, 6) is 0. The van der Waals surface area contributed by atoms with Crippen LogP contribution in [0.1, 0.15) is 18.4 Å². The normalized spacial score (nSPS) is 18.7. The van der Waals surface area contributed by atoms with Crippen LogP contribution in [0.5, 0.6) is 0 Å². The van der Waals surface area contributed by atoms with Crippen LogP contribution in [0.3, 0.4) is 0 Å². The lowest BCUT2D eigenvalue weighted by atomic mass is 9.82. The fourth-order valence-corrected chi connectivity index (χ4v) is 3.49. The van der Waals surface area contributed by atoms with E-state index in [1.54, 1.807) is 0 Å². The molecule has 1 aromatic rings. The topological polar surface area (TPSA) is 12.5 Å². The van der Waals surface area contributed by atoms with Gasteiger partial charge in [-0.1, -0.05) is 46.3 Å². The Bertz CT molecular complexity index is 362. The minimum absolute atomic E-state index is 0.406. The van der Waals surface area contributed by atoms with Crippen molar-refractivity contribution < 1.29 is 4.74 Å². The van der Waals surface area contributed by atoms with E-state index in [0.717, 1.165) is 38.1 Å². The van der Waals surface area contributed by atoms with Crippen LogP contribution in [0, 0.1) is 5.41 Å². The number of benzene rings is 1. The molecule has 3 heteroatoms. The van der Waals surface area contributed by atoms with Crippen LogP contribution in [0.25, 0.3) is 0 Å². The molecule has 0 N–H and O–H groups in total. The van der Waals surface area contributed by atoms with Crippen molar-refractivity contribution in [1.29, 1.82) is 0 Å². The lowest BCUT2D eigenvalue weighted by molar-refractivity contribution is 0.0121. The SMILES string of the molecule is CN(CCc1ccccc1)CC1(CBr)CCOCC1. The maximum absolute atomic E-state index is 5.50. The van der Waals surface area contributed by atoms with E-state index in [2.05, 4.69) is 58.2 Å². The third kappa shape index (κ3) is 4.59. The molecule has 1 aliphatic heterocycles. The van der Waals surface area contributed by atoms with Gasteiger partial charge in [0.2, 0.25) is 0 Å². The fourth-order valence-electron chi connectivity index (χ4n) is 2.75. The van der Waals surface area contributed by atoms with E-state index < -0.39 is 0 Å². The lowest BCUT2D eigenvalue weighted by Crippen LogP contribution is -2.41. The van der Waals surface area contributed by atoms with E-state index in [1.165, 1.54) is 18.4 Å². The van der Waals surface area contributed by atoms with Crippen LogP contribution in [0.4, 0.5) is 0 Å². The zero-order valence-corrected chi connectivity index (χ0v) is 13.4. The molecule has 0 atom stereocenters. The Labute approximate surface area is 125 Å². The summed E-state index contributed by atoms with van der Waals surface area (Å²) in [6.07, 6.45) is 3.48. The van der Waals surface area contributed by atoms with Gasteiger partial charge in [-0.05, 0) is 37.3 Å². The molecule has 19 heavy (non-hydrogen) atoms. The highest BCUT2D eigenvalue weighted by atomic mass is 79.9. The van der Waals surface area contributed by atoms with Crippen molar-refractivity contribution in [3.8, 4) is 0 Å². The molecule has 0 radical (unpaired) electrons. The molecule has 2 nitrogen and oxygen atoms in total. The highest BCUT2D eigenvalue weighted by Crippen LogP contribution is 2.33. The summed E-state index contributed by atoms with van der Waals surface area (Å²) in [6, 6.07) is 10.7. The lowest BCUT2D eigenvalue weighted by Gasteiger charge is -2.38. The Balaban J connectivity index is 1.81. The second kappa shape index (κ2) is 7.41.